The molecule has 0 aliphatic rings. The van der Waals surface area contributed by atoms with E-state index in [0.717, 1.165) is 0 Å². The van der Waals surface area contributed by atoms with Gasteiger partial charge >= 0.3 is 0 Å². The van der Waals surface area contributed by atoms with Crippen molar-refractivity contribution in [3.8, 4) is 0 Å². The molecule has 0 rings (SSSR count). The minimum atomic E-state index is -0.250. The Morgan fingerprint density at radius 3 is 1.50 bits per heavy atom. The Kier molecular flexibility index (Phi) is 40.3. The fourth-order valence-electron chi connectivity index (χ4n) is 0. The molecule has 0 aromatic carbocycles. The maximum atomic E-state index is 8.36. The molecule has 3 N–H and O–H groups in total. The lowest BCUT2D eigenvalue weighted by atomic mass is 11.7. The summed E-state index contributed by atoms with van der Waals surface area (Å²) in [5, 5.41) is 22.4. The van der Waals surface area contributed by atoms with E-state index < -0.39 is 0 Å². The molecule has 0 aliphatic carbocycles. The fourth-order valence-corrected chi connectivity index (χ4v) is 0. The van der Waals surface area contributed by atoms with Crippen LogP contribution in [0.25, 0.3) is 0 Å². The van der Waals surface area contributed by atoms with E-state index in [1.807, 2.05) is 0 Å². The van der Waals surface area contributed by atoms with Crippen LogP contribution in [0.3, 0.4) is 0 Å². The van der Waals surface area contributed by atoms with Gasteiger partial charge in [0.2, 0.25) is 0 Å². The zero-order chi connectivity index (χ0) is 5.41. The number of carboxylic acid groups (broad SMARTS) is 1. The summed E-state index contributed by atoms with van der Waals surface area (Å²) in [5.74, 6) is 0. The minimum absolute atomic E-state index is 0.250. The first kappa shape index (κ1) is 9.02. The highest BCUT2D eigenvalue weighted by Crippen LogP contribution is 1.24. The summed E-state index contributed by atoms with van der Waals surface area (Å²) in [6, 6.07) is 0. The van der Waals surface area contributed by atoms with Gasteiger partial charge in [-0.3, -0.25) is 4.79 Å². The molecule has 5 nitrogen and oxygen atoms in total. The van der Waals surface area contributed by atoms with Crippen LogP contribution in [0.1, 0.15) is 0 Å². The molecule has 0 fully saturated rings. The van der Waals surface area contributed by atoms with Gasteiger partial charge in [0.15, 0.2) is 0 Å². The third-order valence-corrected chi connectivity index (χ3v) is 0. The van der Waals surface area contributed by atoms with Gasteiger partial charge in [-0.05, 0) is 0 Å². The van der Waals surface area contributed by atoms with Gasteiger partial charge in [-0.2, -0.15) is 0 Å². The lowest BCUT2D eigenvalue weighted by molar-refractivity contribution is -0.465. The monoisotopic (exact) mass is 96.0 g/mol. The molecule has 0 radical (unpaired) electrons. The van der Waals surface area contributed by atoms with Crippen LogP contribution in [0.2, 0.25) is 0 Å². The van der Waals surface area contributed by atoms with Gasteiger partial charge in [0.25, 0.3) is 6.47 Å². The second-order valence-electron chi connectivity index (χ2n) is 0.187. The zero-order valence-electron chi connectivity index (χ0n) is 2.74. The van der Waals surface area contributed by atoms with Crippen molar-refractivity contribution in [3.05, 3.63) is 0 Å². The Labute approximate surface area is 33.3 Å². The molecule has 6 heavy (non-hydrogen) atoms. The topological polar surface area (TPSA) is 87.0 Å². The zero-order valence-corrected chi connectivity index (χ0v) is 2.74. The molecule has 0 saturated carbocycles. The van der Waals surface area contributed by atoms with Gasteiger partial charge in [-0.25, -0.2) is 10.5 Å². The van der Waals surface area contributed by atoms with Crippen LogP contribution in [0.5, 0.6) is 0 Å². The van der Waals surface area contributed by atoms with Crippen LogP contribution in [0, 0.1) is 0 Å². The van der Waals surface area contributed by atoms with Crippen molar-refractivity contribution in [3.63, 3.8) is 0 Å². The molecule has 0 aromatic heterocycles. The van der Waals surface area contributed by atoms with Crippen molar-refractivity contribution in [2.75, 3.05) is 0 Å². The quantitative estimate of drug-likeness (QED) is 0.218. The molecule has 0 spiro atoms. The smallest absolute Gasteiger partial charge is 0.290 e. The molecule has 0 saturated heterocycles. The summed E-state index contributed by atoms with van der Waals surface area (Å²) in [6.45, 7) is -0.250. The number of hydrogen-bond donors (Lipinski definition) is 3. The Morgan fingerprint density at radius 2 is 1.50 bits per heavy atom. The summed E-state index contributed by atoms with van der Waals surface area (Å²) in [5.41, 5.74) is 0. The van der Waals surface area contributed by atoms with Crippen LogP contribution in [-0.4, -0.2) is 22.1 Å². The highest BCUT2D eigenvalue weighted by Gasteiger charge is 1.27. The van der Waals surface area contributed by atoms with E-state index >= 15 is 0 Å². The molecule has 0 bridgehead atoms. The van der Waals surface area contributed by atoms with E-state index in [-0.39, 0.29) is 6.47 Å². The van der Waals surface area contributed by atoms with Crippen LogP contribution in [-0.2, 0) is 9.83 Å². The fraction of sp³-hybridized carbons (Fsp3) is 0. The first-order valence-corrected chi connectivity index (χ1v) is 0.859. The summed E-state index contributed by atoms with van der Waals surface area (Å²) in [7, 11) is 0. The predicted molar refractivity (Wildman–Crippen MR) is 15.0 cm³/mol. The Morgan fingerprint density at radius 1 is 1.50 bits per heavy atom. The molecule has 38 valence electrons. The lowest BCUT2D eigenvalue weighted by Crippen LogP contribution is -1.60. The molecule has 5 heteroatoms. The van der Waals surface area contributed by atoms with Crippen LogP contribution in [0.15, 0.2) is 0 Å². The van der Waals surface area contributed by atoms with Crippen LogP contribution >= 0.6 is 0 Å². The Balaban J connectivity index is 0. The van der Waals surface area contributed by atoms with Crippen molar-refractivity contribution in [1.29, 1.82) is 0 Å². The van der Waals surface area contributed by atoms with E-state index in [4.69, 9.17) is 20.4 Å². The van der Waals surface area contributed by atoms with Gasteiger partial charge < -0.3 is 5.11 Å². The molecular formula is CH4O5. The SMILES string of the molecule is O=CO.OOO. The van der Waals surface area contributed by atoms with Crippen molar-refractivity contribution < 1.29 is 25.5 Å². The Bertz CT molecular complexity index is 17.9. The van der Waals surface area contributed by atoms with Crippen molar-refractivity contribution in [2.24, 2.45) is 0 Å². The average Bonchev–Trinajstić information content (AvgIpc) is 1.39. The number of hydrogen-bond acceptors (Lipinski definition) is 4. The second kappa shape index (κ2) is 26.8. The predicted octanol–water partition coefficient (Wildman–Crippen LogP) is -0.350. The van der Waals surface area contributed by atoms with Crippen LogP contribution in [0.4, 0.5) is 0 Å². The molecule has 0 heterocycles. The largest absolute Gasteiger partial charge is 0.483 e. The maximum Gasteiger partial charge on any atom is 0.290 e. The molecule has 0 aromatic rings. The second-order valence-corrected chi connectivity index (χ2v) is 0.187. The van der Waals surface area contributed by atoms with Crippen LogP contribution < -0.4 is 0 Å². The van der Waals surface area contributed by atoms with Crippen molar-refractivity contribution >= 4 is 6.47 Å². The number of carbonyl (C=O) groups is 1. The molecule has 0 aliphatic heterocycles. The highest BCUT2D eigenvalue weighted by molar-refractivity contribution is 5.32. The summed E-state index contributed by atoms with van der Waals surface area (Å²) < 4.78 is 0. The first-order valence-electron chi connectivity index (χ1n) is 0.859. The van der Waals surface area contributed by atoms with Gasteiger partial charge in [-0.15, -0.1) is 0 Å². The first-order chi connectivity index (χ1) is 2.83. The van der Waals surface area contributed by atoms with E-state index in [1.54, 1.807) is 0 Å². The third kappa shape index (κ3) is 43.8. The minimum Gasteiger partial charge on any atom is -0.483 e. The summed E-state index contributed by atoms with van der Waals surface area (Å²) >= 11 is 0. The van der Waals surface area contributed by atoms with E-state index in [2.05, 4.69) is 5.04 Å². The van der Waals surface area contributed by atoms with Gasteiger partial charge in [0, 0.05) is 0 Å². The van der Waals surface area contributed by atoms with Crippen molar-refractivity contribution in [2.45, 2.75) is 0 Å². The molecule has 0 atom stereocenters. The van der Waals surface area contributed by atoms with Gasteiger partial charge in [0.1, 0.15) is 0 Å². The summed E-state index contributed by atoms with van der Waals surface area (Å²) in [4.78, 5) is 8.36. The van der Waals surface area contributed by atoms with Crippen molar-refractivity contribution in [1.82, 2.24) is 0 Å². The van der Waals surface area contributed by atoms with E-state index in [0.29, 0.717) is 0 Å². The highest BCUT2D eigenvalue weighted by atomic mass is 17.4. The van der Waals surface area contributed by atoms with Gasteiger partial charge in [0.05, 0.1) is 0 Å². The summed E-state index contributed by atoms with van der Waals surface area (Å²) in [6.07, 6.45) is 0. The Hall–Kier alpha value is -0.650. The normalized spacial score (nSPS) is 5.00. The molecule has 0 unspecified atom stereocenters. The third-order valence-electron chi connectivity index (χ3n) is 0. The van der Waals surface area contributed by atoms with Gasteiger partial charge in [-0.1, -0.05) is 5.04 Å². The molecule has 0 amide bonds. The van der Waals surface area contributed by atoms with E-state index in [9.17, 15) is 0 Å². The van der Waals surface area contributed by atoms with E-state index in [1.165, 1.54) is 0 Å². The number of rotatable bonds is 0. The lowest BCUT2D eigenvalue weighted by Gasteiger charge is -1.56. The molecular weight excluding hydrogens is 92.0 g/mol. The average molecular weight is 96.0 g/mol. The standard InChI is InChI=1S/CH2O2.H2O3/c2-1-3;1-3-2/h1H,(H,2,3);1-2H. The maximum absolute atomic E-state index is 8.36.